The highest BCUT2D eigenvalue weighted by Crippen LogP contribution is 2.03. The highest BCUT2D eigenvalue weighted by Gasteiger charge is 2.08. The Kier molecular flexibility index (Phi) is 5.39. The number of carbonyl (C=O) groups excluding carboxylic acids is 2. The molecular formula is C12H18N2O3. The highest BCUT2D eigenvalue weighted by atomic mass is 16.5. The summed E-state index contributed by atoms with van der Waals surface area (Å²) in [5.74, 6) is -0.234. The van der Waals surface area contributed by atoms with Crippen molar-refractivity contribution >= 4 is 11.8 Å². The van der Waals surface area contributed by atoms with Crippen molar-refractivity contribution in [1.82, 2.24) is 9.78 Å². The third-order valence-electron chi connectivity index (χ3n) is 2.34. The fraction of sp³-hybridized carbons (Fsp3) is 0.583. The van der Waals surface area contributed by atoms with E-state index in [1.54, 1.807) is 11.6 Å². The van der Waals surface area contributed by atoms with Crippen molar-refractivity contribution < 1.29 is 14.3 Å². The first-order chi connectivity index (χ1) is 8.11. The van der Waals surface area contributed by atoms with Crippen molar-refractivity contribution in [2.45, 2.75) is 32.6 Å². The third-order valence-corrected chi connectivity index (χ3v) is 2.34. The Morgan fingerprint density at radius 2 is 2.12 bits per heavy atom. The van der Waals surface area contributed by atoms with Gasteiger partial charge < -0.3 is 4.74 Å². The molecule has 94 valence electrons. The van der Waals surface area contributed by atoms with Gasteiger partial charge in [0.1, 0.15) is 5.78 Å². The molecule has 0 unspecified atom stereocenters. The number of esters is 1. The number of ketones is 1. The molecule has 1 heterocycles. The Morgan fingerprint density at radius 1 is 1.35 bits per heavy atom. The maximum Gasteiger partial charge on any atom is 0.306 e. The maximum atomic E-state index is 11.5. The molecule has 1 aromatic rings. The molecule has 17 heavy (non-hydrogen) atoms. The lowest BCUT2D eigenvalue weighted by Gasteiger charge is -2.01. The molecule has 0 saturated carbocycles. The number of ether oxygens (including phenoxy) is 1. The summed E-state index contributed by atoms with van der Waals surface area (Å²) in [6.07, 6.45) is 3.33. The molecule has 0 aliphatic heterocycles. The Hall–Kier alpha value is -1.65. The van der Waals surface area contributed by atoms with Crippen LogP contribution >= 0.6 is 0 Å². The molecule has 0 saturated heterocycles. The second-order valence-corrected chi connectivity index (χ2v) is 3.82. The zero-order chi connectivity index (χ0) is 12.7. The van der Waals surface area contributed by atoms with E-state index in [2.05, 4.69) is 5.10 Å². The number of hydrogen-bond acceptors (Lipinski definition) is 4. The van der Waals surface area contributed by atoms with Gasteiger partial charge in [0.05, 0.1) is 18.7 Å². The number of nitrogens with zero attached hydrogens (tertiary/aromatic N) is 2. The molecule has 0 N–H and O–H groups in total. The van der Waals surface area contributed by atoms with Gasteiger partial charge in [0.15, 0.2) is 0 Å². The van der Waals surface area contributed by atoms with E-state index in [9.17, 15) is 9.59 Å². The summed E-state index contributed by atoms with van der Waals surface area (Å²) >= 11 is 0. The predicted molar refractivity (Wildman–Crippen MR) is 62.4 cm³/mol. The van der Waals surface area contributed by atoms with Gasteiger partial charge in [-0.3, -0.25) is 14.3 Å². The van der Waals surface area contributed by atoms with E-state index < -0.39 is 0 Å². The number of hydrogen-bond donors (Lipinski definition) is 0. The highest BCUT2D eigenvalue weighted by molar-refractivity contribution is 5.83. The molecule has 0 aromatic carbocycles. The number of aromatic nitrogens is 2. The molecule has 0 bridgehead atoms. The fourth-order valence-electron chi connectivity index (χ4n) is 1.46. The molecule has 1 rings (SSSR count). The molecule has 5 nitrogen and oxygen atoms in total. The van der Waals surface area contributed by atoms with Crippen molar-refractivity contribution in [3.63, 3.8) is 0 Å². The predicted octanol–water partition coefficient (Wildman–Crippen LogP) is 1.27. The summed E-state index contributed by atoms with van der Waals surface area (Å²) in [4.78, 5) is 22.5. The summed E-state index contributed by atoms with van der Waals surface area (Å²) in [5.41, 5.74) is 0.900. The molecule has 0 atom stereocenters. The zero-order valence-electron chi connectivity index (χ0n) is 10.3. The monoisotopic (exact) mass is 238 g/mol. The molecule has 5 heteroatoms. The third kappa shape index (κ3) is 5.29. The summed E-state index contributed by atoms with van der Waals surface area (Å²) in [5, 5.41) is 4.18. The molecule has 0 spiro atoms. The van der Waals surface area contributed by atoms with Crippen LogP contribution in [0, 0.1) is 0 Å². The normalized spacial score (nSPS) is 10.2. The van der Waals surface area contributed by atoms with Gasteiger partial charge in [0.2, 0.25) is 0 Å². The van der Waals surface area contributed by atoms with Crippen LogP contribution in [0.5, 0.6) is 0 Å². The standard InChI is InChI=1S/C12H18N2O3/c1-3-17-12(16)7-6-11(15)5-4-10-8-9-14(2)13-10/h8-9H,3-7H2,1-2H3. The molecule has 0 aliphatic rings. The summed E-state index contributed by atoms with van der Waals surface area (Å²) < 4.78 is 6.46. The number of aryl methyl sites for hydroxylation is 2. The van der Waals surface area contributed by atoms with Crippen LogP contribution in [-0.2, 0) is 27.8 Å². The Morgan fingerprint density at radius 3 is 2.71 bits per heavy atom. The average Bonchev–Trinajstić information content (AvgIpc) is 2.70. The SMILES string of the molecule is CCOC(=O)CCC(=O)CCc1ccn(C)n1. The van der Waals surface area contributed by atoms with E-state index in [1.807, 2.05) is 19.3 Å². The lowest BCUT2D eigenvalue weighted by molar-refractivity contribution is -0.144. The minimum atomic E-state index is -0.307. The van der Waals surface area contributed by atoms with Gasteiger partial charge in [-0.05, 0) is 19.4 Å². The minimum absolute atomic E-state index is 0.0729. The molecule has 0 fully saturated rings. The smallest absolute Gasteiger partial charge is 0.306 e. The van der Waals surface area contributed by atoms with Crippen LogP contribution in [0.3, 0.4) is 0 Å². The van der Waals surface area contributed by atoms with E-state index >= 15 is 0 Å². The summed E-state index contributed by atoms with van der Waals surface area (Å²) in [6.45, 7) is 2.11. The number of Topliss-reactive ketones (excluding diaryl/α,β-unsaturated/α-hetero) is 1. The van der Waals surface area contributed by atoms with Gasteiger partial charge >= 0.3 is 5.97 Å². The van der Waals surface area contributed by atoms with Gasteiger partial charge in [-0.1, -0.05) is 0 Å². The average molecular weight is 238 g/mol. The van der Waals surface area contributed by atoms with Crippen molar-refractivity contribution in [1.29, 1.82) is 0 Å². The van der Waals surface area contributed by atoms with Crippen molar-refractivity contribution in [3.8, 4) is 0 Å². The van der Waals surface area contributed by atoms with Gasteiger partial charge in [-0.2, -0.15) is 5.10 Å². The van der Waals surface area contributed by atoms with E-state index in [1.165, 1.54) is 0 Å². The lowest BCUT2D eigenvalue weighted by Crippen LogP contribution is -2.08. The molecule has 0 aliphatic carbocycles. The quantitative estimate of drug-likeness (QED) is 0.671. The van der Waals surface area contributed by atoms with E-state index in [-0.39, 0.29) is 24.6 Å². The summed E-state index contributed by atoms with van der Waals surface area (Å²) in [6, 6.07) is 1.89. The molecule has 0 amide bonds. The van der Waals surface area contributed by atoms with Crippen LogP contribution in [0.4, 0.5) is 0 Å². The Labute approximate surface area is 101 Å². The van der Waals surface area contributed by atoms with E-state index in [0.29, 0.717) is 19.4 Å². The zero-order valence-corrected chi connectivity index (χ0v) is 10.3. The first-order valence-electron chi connectivity index (χ1n) is 5.77. The Balaban J connectivity index is 2.19. The van der Waals surface area contributed by atoms with Gasteiger partial charge in [0.25, 0.3) is 0 Å². The number of rotatable bonds is 7. The van der Waals surface area contributed by atoms with Crippen molar-refractivity contribution in [2.75, 3.05) is 6.61 Å². The summed E-state index contributed by atoms with van der Waals surface area (Å²) in [7, 11) is 1.84. The van der Waals surface area contributed by atoms with Crippen LogP contribution < -0.4 is 0 Å². The van der Waals surface area contributed by atoms with Crippen LogP contribution in [0.15, 0.2) is 12.3 Å². The second kappa shape index (κ2) is 6.83. The fourth-order valence-corrected chi connectivity index (χ4v) is 1.46. The van der Waals surface area contributed by atoms with Gasteiger partial charge in [-0.15, -0.1) is 0 Å². The van der Waals surface area contributed by atoms with Crippen molar-refractivity contribution in [2.24, 2.45) is 7.05 Å². The van der Waals surface area contributed by atoms with Gasteiger partial charge in [0, 0.05) is 26.1 Å². The van der Waals surface area contributed by atoms with Gasteiger partial charge in [-0.25, -0.2) is 0 Å². The topological polar surface area (TPSA) is 61.2 Å². The largest absolute Gasteiger partial charge is 0.466 e. The van der Waals surface area contributed by atoms with Crippen LogP contribution in [0.25, 0.3) is 0 Å². The Bertz CT molecular complexity index is 385. The van der Waals surface area contributed by atoms with E-state index in [4.69, 9.17) is 4.74 Å². The first-order valence-corrected chi connectivity index (χ1v) is 5.77. The van der Waals surface area contributed by atoms with Crippen molar-refractivity contribution in [3.05, 3.63) is 18.0 Å². The molecule has 0 radical (unpaired) electrons. The molecule has 1 aromatic heterocycles. The van der Waals surface area contributed by atoms with Crippen LogP contribution in [0.1, 0.15) is 31.9 Å². The van der Waals surface area contributed by atoms with E-state index in [0.717, 1.165) is 5.69 Å². The first kappa shape index (κ1) is 13.4. The lowest BCUT2D eigenvalue weighted by atomic mass is 10.1. The number of carbonyl (C=O) groups is 2. The van der Waals surface area contributed by atoms with Crippen LogP contribution in [-0.4, -0.2) is 28.1 Å². The minimum Gasteiger partial charge on any atom is -0.466 e. The second-order valence-electron chi connectivity index (χ2n) is 3.82. The maximum absolute atomic E-state index is 11.5. The molecular weight excluding hydrogens is 220 g/mol. The van der Waals surface area contributed by atoms with Crippen LogP contribution in [0.2, 0.25) is 0 Å².